The van der Waals surface area contributed by atoms with Crippen molar-refractivity contribution in [2.24, 2.45) is 17.0 Å². The maximum atomic E-state index is 9.57. The van der Waals surface area contributed by atoms with Crippen LogP contribution in [0.3, 0.4) is 0 Å². The molecule has 0 saturated heterocycles. The van der Waals surface area contributed by atoms with Crippen molar-refractivity contribution in [1.29, 1.82) is 0 Å². The van der Waals surface area contributed by atoms with E-state index in [2.05, 4.69) is 20.7 Å². The average Bonchev–Trinajstić information content (AvgIpc) is 1.88. The molecule has 6 nitrogen and oxygen atoms in total. The Hall–Kier alpha value is -0.560. The van der Waals surface area contributed by atoms with Crippen molar-refractivity contribution in [3.63, 3.8) is 0 Å². The minimum absolute atomic E-state index is 0.0479. The highest BCUT2D eigenvalue weighted by molar-refractivity contribution is 4.56. The molecule has 0 rings (SSSR count). The summed E-state index contributed by atoms with van der Waals surface area (Å²) in [5.74, 6) is 9.37. The van der Waals surface area contributed by atoms with Crippen molar-refractivity contribution >= 4 is 0 Å². The zero-order valence-corrected chi connectivity index (χ0v) is 4.82. The van der Waals surface area contributed by atoms with Crippen LogP contribution < -0.4 is 11.8 Å². The lowest BCUT2D eigenvalue weighted by Gasteiger charge is -2.06. The van der Waals surface area contributed by atoms with Crippen LogP contribution in [0.1, 0.15) is 0 Å². The smallest absolute Gasteiger partial charge is 0.127 e. The fraction of sp³-hybridized carbons (Fsp3) is 1.00. The number of nitroso groups, excluding NO2 is 1. The van der Waals surface area contributed by atoms with Crippen LogP contribution in [0.5, 0.6) is 0 Å². The van der Waals surface area contributed by atoms with Gasteiger partial charge in [0.25, 0.3) is 0 Å². The molecule has 0 aromatic carbocycles. The molecule has 54 valence electrons. The predicted molar refractivity (Wildman–Crippen MR) is 29.9 cm³/mol. The van der Waals surface area contributed by atoms with Gasteiger partial charge in [0.2, 0.25) is 0 Å². The van der Waals surface area contributed by atoms with E-state index in [0.717, 1.165) is 0 Å². The molecule has 0 heterocycles. The lowest BCUT2D eigenvalue weighted by molar-refractivity contribution is -0.0132. The first-order valence-electron chi connectivity index (χ1n) is 2.31. The van der Waals surface area contributed by atoms with Crippen LogP contribution in [0.25, 0.3) is 0 Å². The van der Waals surface area contributed by atoms with Crippen molar-refractivity contribution in [2.45, 2.75) is 6.10 Å². The number of nitrogens with zero attached hydrogens (tertiary/aromatic N) is 1. The van der Waals surface area contributed by atoms with Gasteiger partial charge in [0, 0.05) is 0 Å². The van der Waals surface area contributed by atoms with Gasteiger partial charge in [-0.25, -0.2) is 11.8 Å². The summed E-state index contributed by atoms with van der Waals surface area (Å²) in [6, 6.07) is 0. The third kappa shape index (κ3) is 3.98. The summed E-state index contributed by atoms with van der Waals surface area (Å²) in [7, 11) is 0. The van der Waals surface area contributed by atoms with Crippen LogP contribution in [-0.4, -0.2) is 19.3 Å². The first kappa shape index (κ1) is 8.44. The second-order valence-electron chi connectivity index (χ2n) is 1.40. The van der Waals surface area contributed by atoms with E-state index >= 15 is 0 Å². The fourth-order valence-corrected chi connectivity index (χ4v) is 0.325. The highest BCUT2D eigenvalue weighted by atomic mass is 16.7. The van der Waals surface area contributed by atoms with Gasteiger partial charge in [-0.05, 0) is 0 Å². The first-order valence-corrected chi connectivity index (χ1v) is 2.31. The minimum Gasteiger partial charge on any atom is -0.302 e. The third-order valence-corrected chi connectivity index (χ3v) is 0.753. The molecule has 4 N–H and O–H groups in total. The topological polar surface area (TPSA) is 99.9 Å². The van der Waals surface area contributed by atoms with E-state index in [1.807, 2.05) is 0 Å². The molecule has 0 aliphatic rings. The van der Waals surface area contributed by atoms with E-state index in [4.69, 9.17) is 5.90 Å². The highest BCUT2D eigenvalue weighted by Gasteiger charge is 2.06. The van der Waals surface area contributed by atoms with Crippen molar-refractivity contribution in [3.05, 3.63) is 4.91 Å². The summed E-state index contributed by atoms with van der Waals surface area (Å²) in [5, 5.41) is 2.53. The lowest BCUT2D eigenvalue weighted by Crippen LogP contribution is -2.27. The Morgan fingerprint density at radius 2 is 2.22 bits per heavy atom. The lowest BCUT2D eigenvalue weighted by atomic mass is 10.4. The van der Waals surface area contributed by atoms with Gasteiger partial charge in [-0.1, -0.05) is 5.18 Å². The molecule has 0 spiro atoms. The van der Waals surface area contributed by atoms with Gasteiger partial charge in [0.1, 0.15) is 12.6 Å². The van der Waals surface area contributed by atoms with Crippen LogP contribution in [-0.2, 0) is 9.68 Å². The molecule has 0 aromatic rings. The summed E-state index contributed by atoms with van der Waals surface area (Å²) in [6.45, 7) is 0.0238. The molecule has 1 atom stereocenters. The molecular weight excluding hydrogens is 126 g/mol. The molecule has 9 heavy (non-hydrogen) atoms. The Morgan fingerprint density at radius 1 is 1.56 bits per heavy atom. The second kappa shape index (κ2) is 5.57. The summed E-state index contributed by atoms with van der Waals surface area (Å²) in [6.07, 6.45) is -0.535. The Labute approximate surface area is 52.0 Å². The fourth-order valence-electron chi connectivity index (χ4n) is 0.325. The summed E-state index contributed by atoms with van der Waals surface area (Å²) < 4.78 is 0. The quantitative estimate of drug-likeness (QED) is 0.368. The van der Waals surface area contributed by atoms with E-state index in [-0.39, 0.29) is 13.2 Å². The van der Waals surface area contributed by atoms with Crippen LogP contribution in [0.2, 0.25) is 0 Å². The van der Waals surface area contributed by atoms with Gasteiger partial charge in [0.15, 0.2) is 0 Å². The van der Waals surface area contributed by atoms with Crippen molar-refractivity contribution in [2.75, 3.05) is 13.2 Å². The van der Waals surface area contributed by atoms with Crippen molar-refractivity contribution in [3.8, 4) is 0 Å². The average molecular weight is 135 g/mol. The summed E-state index contributed by atoms with van der Waals surface area (Å²) >= 11 is 0. The third-order valence-electron chi connectivity index (χ3n) is 0.753. The summed E-state index contributed by atoms with van der Waals surface area (Å²) in [4.78, 5) is 17.9. The van der Waals surface area contributed by atoms with Gasteiger partial charge in [-0.2, -0.15) is 4.91 Å². The largest absolute Gasteiger partial charge is 0.302 e. The Kier molecular flexibility index (Phi) is 5.23. The van der Waals surface area contributed by atoms with Gasteiger partial charge in [-0.3, -0.25) is 4.84 Å². The minimum atomic E-state index is -0.535. The normalized spacial score (nSPS) is 13.1. The molecule has 0 saturated carbocycles. The van der Waals surface area contributed by atoms with Crippen molar-refractivity contribution in [1.82, 2.24) is 0 Å². The van der Waals surface area contributed by atoms with Crippen molar-refractivity contribution < 1.29 is 9.68 Å². The summed E-state index contributed by atoms with van der Waals surface area (Å²) in [5.41, 5.74) is 0. The molecule has 0 amide bonds. The van der Waals surface area contributed by atoms with E-state index in [1.165, 1.54) is 0 Å². The van der Waals surface area contributed by atoms with E-state index in [9.17, 15) is 4.91 Å². The predicted octanol–water partition coefficient (Wildman–Crippen LogP) is -1.10. The van der Waals surface area contributed by atoms with Crippen LogP contribution in [0, 0.1) is 4.91 Å². The van der Waals surface area contributed by atoms with E-state index < -0.39 is 6.10 Å². The first-order chi connectivity index (χ1) is 4.35. The molecule has 0 radical (unpaired) electrons. The number of hydrogen-bond donors (Lipinski definition) is 2. The van der Waals surface area contributed by atoms with E-state index in [1.54, 1.807) is 0 Å². The number of hydrogen-bond acceptors (Lipinski definition) is 6. The maximum Gasteiger partial charge on any atom is 0.127 e. The highest BCUT2D eigenvalue weighted by Crippen LogP contribution is 1.87. The van der Waals surface area contributed by atoms with Crippen LogP contribution >= 0.6 is 0 Å². The van der Waals surface area contributed by atoms with Gasteiger partial charge >= 0.3 is 0 Å². The Morgan fingerprint density at radius 3 is 2.56 bits per heavy atom. The standard InChI is InChI=1S/C3H9N3O3/c4-8-2-3(9-5)1-6-7/h3H,1-2,4-5H2. The number of rotatable bonds is 5. The molecule has 0 bridgehead atoms. The second-order valence-corrected chi connectivity index (χ2v) is 1.40. The monoisotopic (exact) mass is 135 g/mol. The zero-order chi connectivity index (χ0) is 7.11. The Bertz CT molecular complexity index is 78.7. The molecule has 0 aromatic heterocycles. The molecule has 6 heteroatoms. The molecule has 0 fully saturated rings. The molecule has 0 aliphatic heterocycles. The number of nitrogens with two attached hydrogens (primary N) is 2. The van der Waals surface area contributed by atoms with Gasteiger partial charge in [-0.15, -0.1) is 0 Å². The molecular formula is C3H9N3O3. The SMILES string of the molecule is NOCC(CN=O)ON. The van der Waals surface area contributed by atoms with Crippen LogP contribution in [0.4, 0.5) is 0 Å². The zero-order valence-electron chi connectivity index (χ0n) is 4.82. The van der Waals surface area contributed by atoms with Gasteiger partial charge in [0.05, 0.1) is 6.61 Å². The van der Waals surface area contributed by atoms with E-state index in [0.29, 0.717) is 0 Å². The molecule has 1 unspecified atom stereocenters. The Balaban J connectivity index is 3.28. The van der Waals surface area contributed by atoms with Crippen LogP contribution in [0.15, 0.2) is 5.18 Å². The maximum absolute atomic E-state index is 9.57. The molecule has 0 aliphatic carbocycles. The van der Waals surface area contributed by atoms with Gasteiger partial charge < -0.3 is 4.84 Å².